The van der Waals surface area contributed by atoms with Crippen LogP contribution in [-0.4, -0.2) is 30.0 Å². The van der Waals surface area contributed by atoms with E-state index in [1.54, 1.807) is 43.8 Å². The van der Waals surface area contributed by atoms with Gasteiger partial charge in [-0.25, -0.2) is 9.79 Å². The van der Waals surface area contributed by atoms with Crippen molar-refractivity contribution in [1.82, 2.24) is 4.57 Å². The second-order valence-corrected chi connectivity index (χ2v) is 9.41. The molecule has 0 N–H and O–H groups in total. The van der Waals surface area contributed by atoms with Crippen molar-refractivity contribution in [3.05, 3.63) is 90.6 Å². The van der Waals surface area contributed by atoms with E-state index in [1.165, 1.54) is 28.0 Å². The van der Waals surface area contributed by atoms with Crippen molar-refractivity contribution in [3.63, 3.8) is 0 Å². The molecule has 182 valence electrons. The van der Waals surface area contributed by atoms with Gasteiger partial charge < -0.3 is 9.47 Å². The lowest BCUT2D eigenvalue weighted by molar-refractivity contribution is -0.139. The minimum atomic E-state index is -2.91. The predicted molar refractivity (Wildman–Crippen MR) is 132 cm³/mol. The molecule has 0 fully saturated rings. The Bertz CT molecular complexity index is 1440. The summed E-state index contributed by atoms with van der Waals surface area (Å²) in [6, 6.07) is 13.0. The summed E-state index contributed by atoms with van der Waals surface area (Å²) in [4.78, 5) is 32.5. The summed E-state index contributed by atoms with van der Waals surface area (Å²) in [7, 11) is 0. The maximum absolute atomic E-state index is 13.5. The molecule has 0 saturated carbocycles. The Morgan fingerprint density at radius 3 is 2.49 bits per heavy atom. The first-order chi connectivity index (χ1) is 16.8. The average molecular weight is 517 g/mol. The average Bonchev–Trinajstić information content (AvgIpc) is 3.13. The molecule has 0 amide bonds. The molecule has 0 aliphatic carbocycles. The molecule has 2 aromatic carbocycles. The van der Waals surface area contributed by atoms with Gasteiger partial charge >= 0.3 is 12.6 Å². The first-order valence-electron chi connectivity index (χ1n) is 10.7. The van der Waals surface area contributed by atoms with Crippen LogP contribution in [0.25, 0.3) is 6.08 Å². The zero-order valence-corrected chi connectivity index (χ0v) is 20.8. The van der Waals surface area contributed by atoms with E-state index < -0.39 is 18.6 Å². The lowest BCUT2D eigenvalue weighted by Crippen LogP contribution is -2.39. The first kappa shape index (κ1) is 24.9. The molecule has 6 nitrogen and oxygen atoms in total. The zero-order chi connectivity index (χ0) is 25.1. The summed E-state index contributed by atoms with van der Waals surface area (Å²) in [5.74, 6) is -0.487. The highest BCUT2D eigenvalue weighted by molar-refractivity contribution is 7.98. The second kappa shape index (κ2) is 10.6. The van der Waals surface area contributed by atoms with Gasteiger partial charge in [0.15, 0.2) is 4.80 Å². The van der Waals surface area contributed by atoms with Gasteiger partial charge in [0.25, 0.3) is 5.56 Å². The molecule has 35 heavy (non-hydrogen) atoms. The van der Waals surface area contributed by atoms with Crippen LogP contribution in [0.3, 0.4) is 0 Å². The van der Waals surface area contributed by atoms with Gasteiger partial charge in [-0.1, -0.05) is 35.6 Å². The fraction of sp³-hybridized carbons (Fsp3) is 0.240. The molecule has 2 heterocycles. The molecule has 0 bridgehead atoms. The molecule has 3 aromatic rings. The Morgan fingerprint density at radius 1 is 1.20 bits per heavy atom. The number of allylic oxidation sites excluding steroid dienone is 1. The van der Waals surface area contributed by atoms with E-state index in [4.69, 9.17) is 4.74 Å². The van der Waals surface area contributed by atoms with E-state index >= 15 is 0 Å². The number of ether oxygens (including phenoxy) is 2. The van der Waals surface area contributed by atoms with Crippen LogP contribution >= 0.6 is 23.1 Å². The van der Waals surface area contributed by atoms with E-state index in [0.29, 0.717) is 26.2 Å². The molecule has 0 saturated heterocycles. The van der Waals surface area contributed by atoms with Gasteiger partial charge in [-0.15, -0.1) is 11.8 Å². The Labute approximate surface area is 208 Å². The lowest BCUT2D eigenvalue weighted by Gasteiger charge is -2.24. The molecule has 10 heteroatoms. The predicted octanol–water partition coefficient (Wildman–Crippen LogP) is 4.12. The fourth-order valence-corrected chi connectivity index (χ4v) is 5.24. The van der Waals surface area contributed by atoms with Crippen molar-refractivity contribution in [3.8, 4) is 5.75 Å². The third kappa shape index (κ3) is 5.23. The number of thioether (sulfide) groups is 1. The van der Waals surface area contributed by atoms with E-state index in [2.05, 4.69) is 9.73 Å². The summed E-state index contributed by atoms with van der Waals surface area (Å²) in [6.07, 6.45) is 3.63. The Balaban J connectivity index is 1.85. The largest absolute Gasteiger partial charge is 0.463 e. The number of halogens is 2. The minimum absolute atomic E-state index is 0.0296. The highest BCUT2D eigenvalue weighted by atomic mass is 32.2. The van der Waals surface area contributed by atoms with E-state index in [-0.39, 0.29) is 17.9 Å². The topological polar surface area (TPSA) is 69.9 Å². The van der Waals surface area contributed by atoms with Crippen molar-refractivity contribution >= 4 is 35.1 Å². The quantitative estimate of drug-likeness (QED) is 0.349. The van der Waals surface area contributed by atoms with Crippen molar-refractivity contribution < 1.29 is 23.0 Å². The van der Waals surface area contributed by atoms with Gasteiger partial charge in [-0.3, -0.25) is 9.36 Å². The highest BCUT2D eigenvalue weighted by Crippen LogP contribution is 2.31. The van der Waals surface area contributed by atoms with Crippen LogP contribution < -0.4 is 19.6 Å². The number of esters is 1. The minimum Gasteiger partial charge on any atom is -0.463 e. The number of hydrogen-bond donors (Lipinski definition) is 0. The van der Waals surface area contributed by atoms with Gasteiger partial charge in [-0.05, 0) is 61.6 Å². The third-order valence-corrected chi connectivity index (χ3v) is 7.08. The maximum Gasteiger partial charge on any atom is 0.387 e. The summed E-state index contributed by atoms with van der Waals surface area (Å²) >= 11 is 2.79. The van der Waals surface area contributed by atoms with Crippen molar-refractivity contribution in [1.29, 1.82) is 0 Å². The van der Waals surface area contributed by atoms with Gasteiger partial charge in [0.05, 0.1) is 28.5 Å². The van der Waals surface area contributed by atoms with E-state index in [9.17, 15) is 18.4 Å². The standard InChI is InChI=1S/C25H22F2N2O4S2/c1-4-32-23(31)20-14(2)28-25-29(21(20)16-7-11-18(34-3)12-8-16)22(30)19(35-25)13-15-5-9-17(10-6-15)33-24(26)27/h5-13,21,24H,4H2,1-3H3/b19-13+/t21-/m0/s1. The number of aromatic nitrogens is 1. The summed E-state index contributed by atoms with van der Waals surface area (Å²) < 4.78 is 36.4. The number of fused-ring (bicyclic) bond motifs is 1. The lowest BCUT2D eigenvalue weighted by atomic mass is 9.96. The number of benzene rings is 2. The van der Waals surface area contributed by atoms with Crippen LogP contribution in [0.5, 0.6) is 5.75 Å². The summed E-state index contributed by atoms with van der Waals surface area (Å²) in [5, 5.41) is 0. The summed E-state index contributed by atoms with van der Waals surface area (Å²) in [6.45, 7) is 0.743. The molecule has 0 unspecified atom stereocenters. The van der Waals surface area contributed by atoms with Gasteiger partial charge in [0.1, 0.15) is 5.75 Å². The third-order valence-electron chi connectivity index (χ3n) is 5.35. The Kier molecular flexibility index (Phi) is 7.51. The van der Waals surface area contributed by atoms with Crippen LogP contribution in [0.2, 0.25) is 0 Å². The smallest absolute Gasteiger partial charge is 0.387 e. The number of nitrogens with zero attached hydrogens (tertiary/aromatic N) is 2. The highest BCUT2D eigenvalue weighted by Gasteiger charge is 2.33. The van der Waals surface area contributed by atoms with Crippen LogP contribution in [0.4, 0.5) is 8.78 Å². The molecule has 0 spiro atoms. The molecular formula is C25H22F2N2O4S2. The van der Waals surface area contributed by atoms with Crippen molar-refractivity contribution in [2.24, 2.45) is 4.99 Å². The number of carbonyl (C=O) groups is 1. The maximum atomic E-state index is 13.5. The molecular weight excluding hydrogens is 494 g/mol. The van der Waals surface area contributed by atoms with Crippen molar-refractivity contribution in [2.45, 2.75) is 31.4 Å². The molecule has 1 atom stereocenters. The van der Waals surface area contributed by atoms with Crippen LogP contribution in [0, 0.1) is 0 Å². The van der Waals surface area contributed by atoms with Gasteiger partial charge in [0, 0.05) is 4.90 Å². The van der Waals surface area contributed by atoms with E-state index in [0.717, 1.165) is 10.5 Å². The Morgan fingerprint density at radius 2 is 1.89 bits per heavy atom. The first-order valence-corrected chi connectivity index (χ1v) is 12.7. The molecule has 4 rings (SSSR count). The number of rotatable bonds is 7. The van der Waals surface area contributed by atoms with Crippen molar-refractivity contribution in [2.75, 3.05) is 12.9 Å². The molecule has 1 aliphatic rings. The summed E-state index contributed by atoms with van der Waals surface area (Å²) in [5.41, 5.74) is 1.90. The number of thiazole rings is 1. The SMILES string of the molecule is CCOC(=O)C1=C(C)N=c2s/c(=C/c3ccc(OC(F)F)cc3)c(=O)n2[C@H]1c1ccc(SC)cc1. The molecule has 1 aromatic heterocycles. The van der Waals surface area contributed by atoms with Gasteiger partial charge in [-0.2, -0.15) is 8.78 Å². The van der Waals surface area contributed by atoms with Crippen LogP contribution in [0.15, 0.2) is 74.5 Å². The number of alkyl halides is 2. The van der Waals surface area contributed by atoms with Crippen LogP contribution in [-0.2, 0) is 9.53 Å². The molecule has 1 aliphatic heterocycles. The van der Waals surface area contributed by atoms with Crippen LogP contribution in [0.1, 0.15) is 31.0 Å². The number of hydrogen-bond acceptors (Lipinski definition) is 7. The molecule has 0 radical (unpaired) electrons. The zero-order valence-electron chi connectivity index (χ0n) is 19.2. The van der Waals surface area contributed by atoms with Gasteiger partial charge in [0.2, 0.25) is 0 Å². The number of carbonyl (C=O) groups excluding carboxylic acids is 1. The van der Waals surface area contributed by atoms with E-state index in [1.807, 2.05) is 30.5 Å². The fourth-order valence-electron chi connectivity index (χ4n) is 3.79. The Hall–Kier alpha value is -3.24. The second-order valence-electron chi connectivity index (χ2n) is 7.52. The monoisotopic (exact) mass is 516 g/mol. The normalized spacial score (nSPS) is 15.7.